The van der Waals surface area contributed by atoms with E-state index in [0.29, 0.717) is 11.1 Å². The number of nitrogens with zero attached hydrogens (tertiary/aromatic N) is 2. The molecule has 0 fully saturated rings. The minimum absolute atomic E-state index is 0.110. The number of carbonyl (C=O) groups excluding carboxylic acids is 1. The maximum atomic E-state index is 12.5. The number of aromatic carboxylic acids is 1. The smallest absolute Gasteiger partial charge is 0.335 e. The third kappa shape index (κ3) is 3.70. The normalized spacial score (nSPS) is 10.8. The van der Waals surface area contributed by atoms with Crippen LogP contribution >= 0.6 is 0 Å². The van der Waals surface area contributed by atoms with Crippen LogP contribution in [0.25, 0.3) is 22.2 Å². The lowest BCUT2D eigenvalue weighted by molar-refractivity contribution is -0.136. The van der Waals surface area contributed by atoms with Crippen LogP contribution in [0.5, 0.6) is 5.75 Å². The molecule has 3 aromatic rings. The number of aliphatic carboxylic acids is 1. The van der Waals surface area contributed by atoms with Gasteiger partial charge < -0.3 is 15.3 Å². The summed E-state index contributed by atoms with van der Waals surface area (Å²) in [4.78, 5) is 50.7. The van der Waals surface area contributed by atoms with Crippen LogP contribution in [0.2, 0.25) is 0 Å². The van der Waals surface area contributed by atoms with Gasteiger partial charge in [0, 0.05) is 25.2 Å². The number of carbonyl (C=O) groups is 3. The number of fused-ring (bicyclic) bond motifs is 1. The molecule has 0 saturated heterocycles. The van der Waals surface area contributed by atoms with Crippen molar-refractivity contribution in [1.82, 2.24) is 9.55 Å². The molecule has 2 heterocycles. The van der Waals surface area contributed by atoms with Crippen molar-refractivity contribution in [3.05, 3.63) is 58.0 Å². The summed E-state index contributed by atoms with van der Waals surface area (Å²) < 4.78 is 1.11. The van der Waals surface area contributed by atoms with Gasteiger partial charge >= 0.3 is 11.9 Å². The molecule has 148 valence electrons. The SMILES string of the molecule is Cn1c(=O)c(C(=O)CCC(=O)O)c(O)c2cc(-c3ccc(C(=O)O)cc3)cnc21. The van der Waals surface area contributed by atoms with Crippen LogP contribution in [0.1, 0.15) is 33.6 Å². The Morgan fingerprint density at radius 3 is 2.28 bits per heavy atom. The molecule has 0 amide bonds. The molecule has 1 aromatic carbocycles. The molecule has 3 N–H and O–H groups in total. The van der Waals surface area contributed by atoms with Gasteiger partial charge in [-0.25, -0.2) is 9.78 Å². The summed E-state index contributed by atoms with van der Waals surface area (Å²) in [6, 6.07) is 7.52. The highest BCUT2D eigenvalue weighted by Gasteiger charge is 2.22. The number of aryl methyl sites for hydroxylation is 1. The van der Waals surface area contributed by atoms with E-state index in [2.05, 4.69) is 4.98 Å². The van der Waals surface area contributed by atoms with Gasteiger partial charge in [0.15, 0.2) is 5.78 Å². The van der Waals surface area contributed by atoms with E-state index in [0.717, 1.165) is 4.57 Å². The molecular formula is C20H16N2O7. The fraction of sp³-hybridized carbons (Fsp3) is 0.150. The number of rotatable bonds is 6. The average Bonchev–Trinajstić information content (AvgIpc) is 2.70. The van der Waals surface area contributed by atoms with Crippen molar-refractivity contribution in [3.8, 4) is 16.9 Å². The van der Waals surface area contributed by atoms with E-state index >= 15 is 0 Å². The number of Topliss-reactive ketones (excluding diaryl/α,β-unsaturated/α-hetero) is 1. The first kappa shape index (κ1) is 19.7. The molecule has 0 radical (unpaired) electrons. The number of carboxylic acids is 2. The highest BCUT2D eigenvalue weighted by atomic mass is 16.4. The summed E-state index contributed by atoms with van der Waals surface area (Å²) >= 11 is 0. The predicted molar refractivity (Wildman–Crippen MR) is 102 cm³/mol. The topological polar surface area (TPSA) is 147 Å². The van der Waals surface area contributed by atoms with Crippen LogP contribution in [0.15, 0.2) is 41.3 Å². The Bertz CT molecular complexity index is 1210. The number of ketones is 1. The number of carboxylic acid groups (broad SMARTS) is 2. The van der Waals surface area contributed by atoms with Crippen molar-refractivity contribution < 1.29 is 29.7 Å². The quantitative estimate of drug-likeness (QED) is 0.537. The van der Waals surface area contributed by atoms with Gasteiger partial charge in [-0.3, -0.25) is 19.0 Å². The van der Waals surface area contributed by atoms with Crippen molar-refractivity contribution in [2.75, 3.05) is 0 Å². The zero-order chi connectivity index (χ0) is 21.3. The van der Waals surface area contributed by atoms with Gasteiger partial charge in [0.2, 0.25) is 0 Å². The standard InChI is InChI=1S/C20H16N2O7/c1-22-18-13(17(26)16(19(22)27)14(23)6-7-15(24)25)8-12(9-21-18)10-2-4-11(5-3-10)20(28)29/h2-5,8-9,26H,6-7H2,1H3,(H,24,25)(H,28,29). The van der Waals surface area contributed by atoms with Gasteiger partial charge in [-0.05, 0) is 23.8 Å². The summed E-state index contributed by atoms with van der Waals surface area (Å²) in [5.41, 5.74) is 0.161. The predicted octanol–water partition coefficient (Wildman–Crippen LogP) is 2.05. The molecule has 0 saturated carbocycles. The molecule has 9 heteroatoms. The summed E-state index contributed by atoms with van der Waals surface area (Å²) in [6.07, 6.45) is 0.573. The highest BCUT2D eigenvalue weighted by Crippen LogP contribution is 2.30. The zero-order valence-corrected chi connectivity index (χ0v) is 15.2. The third-order valence-corrected chi connectivity index (χ3v) is 4.50. The minimum atomic E-state index is -1.19. The molecule has 0 bridgehead atoms. The maximum Gasteiger partial charge on any atom is 0.335 e. The molecule has 0 atom stereocenters. The fourth-order valence-electron chi connectivity index (χ4n) is 2.96. The Kier molecular flexibility index (Phi) is 5.14. The van der Waals surface area contributed by atoms with Crippen LogP contribution in [0.3, 0.4) is 0 Å². The number of hydrogen-bond donors (Lipinski definition) is 3. The van der Waals surface area contributed by atoms with E-state index in [1.807, 2.05) is 0 Å². The van der Waals surface area contributed by atoms with Crippen LogP contribution in [0.4, 0.5) is 0 Å². The molecule has 0 unspecified atom stereocenters. The number of benzene rings is 1. The Morgan fingerprint density at radius 2 is 1.69 bits per heavy atom. The first-order valence-electron chi connectivity index (χ1n) is 8.51. The van der Waals surface area contributed by atoms with E-state index < -0.39 is 47.4 Å². The van der Waals surface area contributed by atoms with E-state index in [1.54, 1.807) is 12.1 Å². The lowest BCUT2D eigenvalue weighted by Gasteiger charge is -2.12. The number of hydrogen-bond acceptors (Lipinski definition) is 6. The van der Waals surface area contributed by atoms with Crippen LogP contribution < -0.4 is 5.56 Å². The molecule has 2 aromatic heterocycles. The number of pyridine rings is 2. The van der Waals surface area contributed by atoms with Crippen molar-refractivity contribution >= 4 is 28.8 Å². The molecule has 29 heavy (non-hydrogen) atoms. The number of aromatic nitrogens is 2. The molecule has 0 aliphatic carbocycles. The summed E-state index contributed by atoms with van der Waals surface area (Å²) in [5, 5.41) is 28.5. The van der Waals surface area contributed by atoms with Gasteiger partial charge in [-0.2, -0.15) is 0 Å². The second-order valence-corrected chi connectivity index (χ2v) is 6.38. The molecular weight excluding hydrogens is 380 g/mol. The third-order valence-electron chi connectivity index (χ3n) is 4.50. The Balaban J connectivity index is 2.14. The zero-order valence-electron chi connectivity index (χ0n) is 15.2. The molecule has 0 aliphatic rings. The summed E-state index contributed by atoms with van der Waals surface area (Å²) in [6.45, 7) is 0. The van der Waals surface area contributed by atoms with E-state index in [9.17, 15) is 24.3 Å². The van der Waals surface area contributed by atoms with Crippen molar-refractivity contribution in [3.63, 3.8) is 0 Å². The van der Waals surface area contributed by atoms with E-state index in [1.165, 1.54) is 31.4 Å². The average molecular weight is 396 g/mol. The van der Waals surface area contributed by atoms with Gasteiger partial charge in [-0.15, -0.1) is 0 Å². The Hall–Kier alpha value is -4.01. The van der Waals surface area contributed by atoms with Gasteiger partial charge in [0.25, 0.3) is 5.56 Å². The van der Waals surface area contributed by atoms with Crippen LogP contribution in [-0.2, 0) is 11.8 Å². The second-order valence-electron chi connectivity index (χ2n) is 6.38. The lowest BCUT2D eigenvalue weighted by Crippen LogP contribution is -2.25. The minimum Gasteiger partial charge on any atom is -0.506 e. The van der Waals surface area contributed by atoms with Gasteiger partial charge in [-0.1, -0.05) is 12.1 Å². The van der Waals surface area contributed by atoms with Gasteiger partial charge in [0.05, 0.1) is 17.4 Å². The summed E-state index contributed by atoms with van der Waals surface area (Å²) in [5.74, 6) is -3.59. The van der Waals surface area contributed by atoms with Crippen LogP contribution in [-0.4, -0.2) is 42.6 Å². The van der Waals surface area contributed by atoms with E-state index in [4.69, 9.17) is 10.2 Å². The Morgan fingerprint density at radius 1 is 1.03 bits per heavy atom. The van der Waals surface area contributed by atoms with E-state index in [-0.39, 0.29) is 16.6 Å². The fourth-order valence-corrected chi connectivity index (χ4v) is 2.96. The Labute approximate surface area is 163 Å². The van der Waals surface area contributed by atoms with Crippen molar-refractivity contribution in [2.45, 2.75) is 12.8 Å². The van der Waals surface area contributed by atoms with Crippen molar-refractivity contribution in [2.24, 2.45) is 7.05 Å². The maximum absolute atomic E-state index is 12.5. The van der Waals surface area contributed by atoms with Gasteiger partial charge in [0.1, 0.15) is 17.0 Å². The highest BCUT2D eigenvalue weighted by molar-refractivity contribution is 6.04. The summed E-state index contributed by atoms with van der Waals surface area (Å²) in [7, 11) is 1.40. The first-order chi connectivity index (χ1) is 13.7. The molecule has 3 rings (SSSR count). The lowest BCUT2D eigenvalue weighted by atomic mass is 10.0. The molecule has 0 spiro atoms. The molecule has 0 aliphatic heterocycles. The van der Waals surface area contributed by atoms with Crippen molar-refractivity contribution in [1.29, 1.82) is 0 Å². The second kappa shape index (κ2) is 7.55. The largest absolute Gasteiger partial charge is 0.506 e. The monoisotopic (exact) mass is 396 g/mol. The number of aromatic hydroxyl groups is 1. The first-order valence-corrected chi connectivity index (χ1v) is 8.51. The molecule has 9 nitrogen and oxygen atoms in total. The van der Waals surface area contributed by atoms with Crippen LogP contribution in [0, 0.1) is 0 Å².